The van der Waals surface area contributed by atoms with Crippen molar-refractivity contribution >= 4 is 11.0 Å². The summed E-state index contributed by atoms with van der Waals surface area (Å²) < 4.78 is 2.35. The third-order valence-corrected chi connectivity index (χ3v) is 4.17. The highest BCUT2D eigenvalue weighted by Gasteiger charge is 2.25. The molecule has 0 saturated carbocycles. The number of nitrogens with zero attached hydrogens (tertiary/aromatic N) is 3. The van der Waals surface area contributed by atoms with Crippen LogP contribution in [-0.4, -0.2) is 19.5 Å². The molecule has 1 unspecified atom stereocenters. The summed E-state index contributed by atoms with van der Waals surface area (Å²) in [5.74, 6) is 1.13. The van der Waals surface area contributed by atoms with Gasteiger partial charge in [0.15, 0.2) is 0 Å². The molecular weight excluding hydrogens is 262 g/mol. The van der Waals surface area contributed by atoms with Crippen LogP contribution >= 0.6 is 0 Å². The summed E-state index contributed by atoms with van der Waals surface area (Å²) in [5.41, 5.74) is 4.66. The van der Waals surface area contributed by atoms with Crippen molar-refractivity contribution in [2.24, 2.45) is 0 Å². The predicted molar refractivity (Wildman–Crippen MR) is 81.9 cm³/mol. The summed E-state index contributed by atoms with van der Waals surface area (Å²) in [7, 11) is 0. The van der Waals surface area contributed by atoms with Crippen LogP contribution in [0.5, 0.6) is 0 Å². The highest BCUT2D eigenvalue weighted by molar-refractivity contribution is 5.76. The summed E-state index contributed by atoms with van der Waals surface area (Å²) in [4.78, 5) is 12.5. The van der Waals surface area contributed by atoms with E-state index in [2.05, 4.69) is 51.0 Å². The van der Waals surface area contributed by atoms with E-state index in [9.17, 15) is 0 Å². The van der Waals surface area contributed by atoms with E-state index in [-0.39, 0.29) is 6.04 Å². The third kappa shape index (κ3) is 2.05. The number of imidazole rings is 2. The normalized spacial score (nSPS) is 18.0. The predicted octanol–water partition coefficient (Wildman–Crippen LogP) is 2.56. The van der Waals surface area contributed by atoms with Crippen LogP contribution in [0.3, 0.4) is 0 Å². The third-order valence-electron chi connectivity index (χ3n) is 4.17. The molecule has 1 atom stereocenters. The lowest BCUT2D eigenvalue weighted by Crippen LogP contribution is -2.31. The lowest BCUT2D eigenvalue weighted by molar-refractivity contribution is 0.448. The average molecular weight is 281 g/mol. The number of aromatic amines is 1. The number of aromatic nitrogens is 4. The number of benzene rings is 1. The van der Waals surface area contributed by atoms with Crippen molar-refractivity contribution in [1.82, 2.24) is 24.8 Å². The number of para-hydroxylation sites is 2. The van der Waals surface area contributed by atoms with Crippen LogP contribution in [0, 0.1) is 0 Å². The molecule has 21 heavy (non-hydrogen) atoms. The molecule has 5 nitrogen and oxygen atoms in total. The van der Waals surface area contributed by atoms with Crippen molar-refractivity contribution in [3.05, 3.63) is 47.8 Å². The molecule has 3 heterocycles. The molecule has 4 rings (SSSR count). The van der Waals surface area contributed by atoms with Crippen LogP contribution in [-0.2, 0) is 19.5 Å². The van der Waals surface area contributed by atoms with Crippen molar-refractivity contribution in [2.45, 2.75) is 38.9 Å². The van der Waals surface area contributed by atoms with Crippen molar-refractivity contribution < 1.29 is 0 Å². The smallest absolute Gasteiger partial charge is 0.127 e. The molecule has 1 aliphatic rings. The maximum absolute atomic E-state index is 4.87. The number of H-pyrrole nitrogens is 1. The molecule has 1 aromatic carbocycles. The van der Waals surface area contributed by atoms with Gasteiger partial charge in [-0.1, -0.05) is 19.1 Å². The van der Waals surface area contributed by atoms with E-state index < -0.39 is 0 Å². The van der Waals surface area contributed by atoms with Gasteiger partial charge in [0.05, 0.1) is 34.8 Å². The van der Waals surface area contributed by atoms with E-state index in [1.165, 1.54) is 11.2 Å². The van der Waals surface area contributed by atoms with Crippen LogP contribution < -0.4 is 5.32 Å². The van der Waals surface area contributed by atoms with Gasteiger partial charge in [0, 0.05) is 19.5 Å². The number of hydrogen-bond acceptors (Lipinski definition) is 3. The van der Waals surface area contributed by atoms with Gasteiger partial charge in [-0.15, -0.1) is 0 Å². The maximum Gasteiger partial charge on any atom is 0.127 e. The van der Waals surface area contributed by atoms with Gasteiger partial charge in [0.2, 0.25) is 0 Å². The van der Waals surface area contributed by atoms with Crippen molar-refractivity contribution in [3.63, 3.8) is 0 Å². The molecule has 0 fully saturated rings. The topological polar surface area (TPSA) is 58.5 Å². The minimum atomic E-state index is 0.236. The zero-order valence-electron chi connectivity index (χ0n) is 12.1. The SMILES string of the molecule is CCCn1c(C2Cc3nc[nH]c3CN2)nc2ccccc21. The number of aryl methyl sites for hydroxylation is 1. The molecule has 1 aliphatic heterocycles. The van der Waals surface area contributed by atoms with Crippen molar-refractivity contribution in [1.29, 1.82) is 0 Å². The minimum Gasteiger partial charge on any atom is -0.347 e. The number of nitrogens with one attached hydrogen (secondary N) is 2. The molecule has 2 N–H and O–H groups in total. The molecule has 5 heteroatoms. The molecule has 0 spiro atoms. The zero-order chi connectivity index (χ0) is 14.2. The second-order valence-corrected chi connectivity index (χ2v) is 5.58. The monoisotopic (exact) mass is 281 g/mol. The first-order chi connectivity index (χ1) is 10.4. The van der Waals surface area contributed by atoms with E-state index in [0.29, 0.717) is 0 Å². The molecular formula is C16H19N5. The largest absolute Gasteiger partial charge is 0.347 e. The molecule has 0 bridgehead atoms. The van der Waals surface area contributed by atoms with E-state index in [4.69, 9.17) is 4.98 Å². The Bertz CT molecular complexity index is 770. The summed E-state index contributed by atoms with van der Waals surface area (Å²) in [6, 6.07) is 8.62. The van der Waals surface area contributed by atoms with Gasteiger partial charge in [-0.25, -0.2) is 9.97 Å². The van der Waals surface area contributed by atoms with Gasteiger partial charge in [-0.05, 0) is 18.6 Å². The van der Waals surface area contributed by atoms with Crippen LogP contribution in [0.15, 0.2) is 30.6 Å². The maximum atomic E-state index is 4.87. The zero-order valence-corrected chi connectivity index (χ0v) is 12.1. The lowest BCUT2D eigenvalue weighted by Gasteiger charge is -2.23. The Labute approximate surface area is 123 Å². The second-order valence-electron chi connectivity index (χ2n) is 5.58. The summed E-state index contributed by atoms with van der Waals surface area (Å²) in [5, 5.41) is 3.58. The second kappa shape index (κ2) is 5.00. The van der Waals surface area contributed by atoms with Gasteiger partial charge in [0.1, 0.15) is 5.82 Å². The minimum absolute atomic E-state index is 0.236. The number of hydrogen-bond donors (Lipinski definition) is 2. The first kappa shape index (κ1) is 12.6. The highest BCUT2D eigenvalue weighted by Crippen LogP contribution is 2.27. The number of rotatable bonds is 3. The molecule has 0 aliphatic carbocycles. The van der Waals surface area contributed by atoms with Crippen molar-refractivity contribution in [3.8, 4) is 0 Å². The van der Waals surface area contributed by atoms with Crippen molar-refractivity contribution in [2.75, 3.05) is 0 Å². The standard InChI is InChI=1S/C16H19N5/c1-2-7-21-15-6-4-3-5-11(15)20-16(21)13-8-12-14(9-17-13)19-10-18-12/h3-6,10,13,17H,2,7-9H2,1H3,(H,18,19). The quantitative estimate of drug-likeness (QED) is 0.775. The Balaban J connectivity index is 1.78. The van der Waals surface area contributed by atoms with Gasteiger partial charge in [-0.3, -0.25) is 0 Å². The first-order valence-electron chi connectivity index (χ1n) is 7.56. The van der Waals surface area contributed by atoms with Crippen LogP contribution in [0.25, 0.3) is 11.0 Å². The molecule has 3 aromatic rings. The van der Waals surface area contributed by atoms with Gasteiger partial charge in [-0.2, -0.15) is 0 Å². The van der Waals surface area contributed by atoms with E-state index in [1.807, 2.05) is 0 Å². The van der Waals surface area contributed by atoms with E-state index in [0.717, 1.165) is 43.0 Å². The van der Waals surface area contributed by atoms with Gasteiger partial charge >= 0.3 is 0 Å². The Hall–Kier alpha value is -2.14. The van der Waals surface area contributed by atoms with E-state index >= 15 is 0 Å². The lowest BCUT2D eigenvalue weighted by atomic mass is 10.0. The summed E-state index contributed by atoms with van der Waals surface area (Å²) in [6.45, 7) is 4.04. The summed E-state index contributed by atoms with van der Waals surface area (Å²) in [6.07, 6.45) is 3.78. The van der Waals surface area contributed by atoms with Crippen LogP contribution in [0.4, 0.5) is 0 Å². The van der Waals surface area contributed by atoms with Crippen LogP contribution in [0.2, 0.25) is 0 Å². The molecule has 0 radical (unpaired) electrons. The Morgan fingerprint density at radius 3 is 3.14 bits per heavy atom. The van der Waals surface area contributed by atoms with Gasteiger partial charge in [0.25, 0.3) is 0 Å². The molecule has 0 amide bonds. The average Bonchev–Trinajstić information content (AvgIpc) is 3.11. The van der Waals surface area contributed by atoms with E-state index in [1.54, 1.807) is 6.33 Å². The highest BCUT2D eigenvalue weighted by atomic mass is 15.1. The number of fused-ring (bicyclic) bond motifs is 2. The fourth-order valence-electron chi connectivity index (χ4n) is 3.17. The molecule has 108 valence electrons. The fraction of sp³-hybridized carbons (Fsp3) is 0.375. The Kier molecular flexibility index (Phi) is 3.00. The summed E-state index contributed by atoms with van der Waals surface area (Å²) >= 11 is 0. The molecule has 0 saturated heterocycles. The van der Waals surface area contributed by atoms with Crippen LogP contribution in [0.1, 0.15) is 36.6 Å². The van der Waals surface area contributed by atoms with Gasteiger partial charge < -0.3 is 14.9 Å². The first-order valence-corrected chi connectivity index (χ1v) is 7.56. The Morgan fingerprint density at radius 2 is 2.24 bits per heavy atom. The molecule has 2 aromatic heterocycles. The Morgan fingerprint density at radius 1 is 1.33 bits per heavy atom. The fourth-order valence-corrected chi connectivity index (χ4v) is 3.17.